The molecule has 7 heteroatoms. The molecular formula is C8H12N2O4S. The summed E-state index contributed by atoms with van der Waals surface area (Å²) in [6.07, 6.45) is 1.14. The molecular weight excluding hydrogens is 220 g/mol. The smallest absolute Gasteiger partial charge is 0.356 e. The largest absolute Gasteiger partial charge is 0.464 e. The van der Waals surface area contributed by atoms with E-state index in [0.29, 0.717) is 0 Å². The fourth-order valence-electron chi connectivity index (χ4n) is 0.884. The lowest BCUT2D eigenvalue weighted by atomic mass is 10.5. The van der Waals surface area contributed by atoms with Crippen LogP contribution in [0.5, 0.6) is 0 Å². The van der Waals surface area contributed by atoms with Gasteiger partial charge in [-0.15, -0.1) is 0 Å². The van der Waals surface area contributed by atoms with Crippen LogP contribution < -0.4 is 0 Å². The third kappa shape index (κ3) is 2.17. The van der Waals surface area contributed by atoms with Crippen molar-refractivity contribution in [2.75, 3.05) is 7.11 Å². The number of nitrogens with zero attached hydrogens (tertiary/aromatic N) is 1. The molecule has 0 atom stereocenters. The summed E-state index contributed by atoms with van der Waals surface area (Å²) in [5.74, 6) is -0.646. The number of hydrogen-bond acceptors (Lipinski definition) is 5. The maximum Gasteiger partial charge on any atom is 0.356 e. The molecule has 0 saturated heterocycles. The molecule has 6 nitrogen and oxygen atoms in total. The predicted molar refractivity (Wildman–Crippen MR) is 52.2 cm³/mol. The number of carbonyl (C=O) groups is 1. The molecule has 0 bridgehead atoms. The fraction of sp³-hybridized carbons (Fsp3) is 0.500. The predicted octanol–water partition coefficient (Wildman–Crippen LogP) is 0.378. The minimum Gasteiger partial charge on any atom is -0.464 e. The Morgan fingerprint density at radius 3 is 2.60 bits per heavy atom. The number of imidazole rings is 1. The zero-order valence-electron chi connectivity index (χ0n) is 8.64. The summed E-state index contributed by atoms with van der Waals surface area (Å²) in [7, 11) is -2.26. The lowest BCUT2D eigenvalue weighted by Crippen LogP contribution is -2.15. The van der Waals surface area contributed by atoms with E-state index in [9.17, 15) is 13.2 Å². The van der Waals surface area contributed by atoms with E-state index < -0.39 is 21.1 Å². The number of aromatic amines is 1. The van der Waals surface area contributed by atoms with Crippen molar-refractivity contribution in [2.45, 2.75) is 24.3 Å². The second-order valence-electron chi connectivity index (χ2n) is 3.19. The average molecular weight is 232 g/mol. The van der Waals surface area contributed by atoms with E-state index >= 15 is 0 Å². The van der Waals surface area contributed by atoms with Crippen molar-refractivity contribution in [1.29, 1.82) is 0 Å². The first-order chi connectivity index (χ1) is 6.89. The van der Waals surface area contributed by atoms with Crippen molar-refractivity contribution < 1.29 is 17.9 Å². The molecule has 1 rings (SSSR count). The van der Waals surface area contributed by atoms with Crippen LogP contribution in [0.4, 0.5) is 0 Å². The van der Waals surface area contributed by atoms with Gasteiger partial charge in [0.25, 0.3) is 0 Å². The van der Waals surface area contributed by atoms with Gasteiger partial charge in [0.1, 0.15) is 5.69 Å². The quantitative estimate of drug-likeness (QED) is 0.761. The number of carbonyl (C=O) groups excluding carboxylic acids is 1. The van der Waals surface area contributed by atoms with Gasteiger partial charge in [0, 0.05) is 0 Å². The lowest BCUT2D eigenvalue weighted by Gasteiger charge is -2.02. The molecule has 0 aliphatic carbocycles. The van der Waals surface area contributed by atoms with E-state index in [0.717, 1.165) is 6.20 Å². The molecule has 84 valence electrons. The monoisotopic (exact) mass is 232 g/mol. The molecule has 0 saturated carbocycles. The first-order valence-electron chi connectivity index (χ1n) is 4.26. The Bertz CT molecular complexity index is 461. The molecule has 0 aliphatic rings. The van der Waals surface area contributed by atoms with Crippen LogP contribution in [-0.2, 0) is 14.6 Å². The highest BCUT2D eigenvalue weighted by Gasteiger charge is 2.23. The minimum absolute atomic E-state index is 0.0247. The Morgan fingerprint density at radius 2 is 2.13 bits per heavy atom. The number of aromatic nitrogens is 2. The van der Waals surface area contributed by atoms with Crippen molar-refractivity contribution in [1.82, 2.24) is 9.97 Å². The summed E-state index contributed by atoms with van der Waals surface area (Å²) in [5, 5.41) is -0.799. The van der Waals surface area contributed by atoms with Gasteiger partial charge in [-0.1, -0.05) is 0 Å². The third-order valence-corrected chi connectivity index (χ3v) is 3.84. The maximum absolute atomic E-state index is 11.6. The molecule has 1 aromatic rings. The second-order valence-corrected chi connectivity index (χ2v) is 5.61. The summed E-state index contributed by atoms with van der Waals surface area (Å²) in [6, 6.07) is 0. The van der Waals surface area contributed by atoms with Crippen LogP contribution in [0.15, 0.2) is 11.4 Å². The molecule has 0 amide bonds. The Labute approximate surface area is 87.6 Å². The highest BCUT2D eigenvalue weighted by atomic mass is 32.2. The number of esters is 1. The normalized spacial score (nSPS) is 11.7. The number of ether oxygens (including phenoxy) is 1. The molecule has 0 aliphatic heterocycles. The van der Waals surface area contributed by atoms with E-state index in [4.69, 9.17) is 0 Å². The van der Waals surface area contributed by atoms with Crippen molar-refractivity contribution >= 4 is 15.8 Å². The standard InChI is InChI=1S/C8H12N2O4S/c1-5(2)15(12,13)8-9-4-6(10-8)7(11)14-3/h4-5H,1-3H3,(H,9,10). The highest BCUT2D eigenvalue weighted by molar-refractivity contribution is 7.91. The van der Waals surface area contributed by atoms with E-state index in [2.05, 4.69) is 14.7 Å². The number of hydrogen-bond donors (Lipinski definition) is 1. The van der Waals surface area contributed by atoms with Crippen LogP contribution in [0, 0.1) is 0 Å². The lowest BCUT2D eigenvalue weighted by molar-refractivity contribution is 0.0594. The number of rotatable bonds is 3. The second kappa shape index (κ2) is 4.01. The van der Waals surface area contributed by atoms with Gasteiger partial charge in [0.2, 0.25) is 15.0 Å². The summed E-state index contributed by atoms with van der Waals surface area (Å²) < 4.78 is 27.6. The number of nitrogens with one attached hydrogen (secondary N) is 1. The van der Waals surface area contributed by atoms with Gasteiger partial charge in [0.15, 0.2) is 0 Å². The molecule has 0 radical (unpaired) electrons. The van der Waals surface area contributed by atoms with Crippen molar-refractivity contribution in [3.63, 3.8) is 0 Å². The first-order valence-corrected chi connectivity index (χ1v) is 5.81. The van der Waals surface area contributed by atoms with E-state index in [-0.39, 0.29) is 10.9 Å². The third-order valence-electron chi connectivity index (χ3n) is 1.85. The van der Waals surface area contributed by atoms with Crippen LogP contribution >= 0.6 is 0 Å². The summed E-state index contributed by atoms with van der Waals surface area (Å²) in [4.78, 5) is 17.1. The Kier molecular flexibility index (Phi) is 3.13. The van der Waals surface area contributed by atoms with Gasteiger partial charge in [-0.3, -0.25) is 0 Å². The van der Waals surface area contributed by atoms with Crippen molar-refractivity contribution in [3.05, 3.63) is 11.9 Å². The van der Waals surface area contributed by atoms with Crippen LogP contribution in [-0.4, -0.2) is 36.7 Å². The Morgan fingerprint density at radius 1 is 1.53 bits per heavy atom. The van der Waals surface area contributed by atoms with Crippen LogP contribution in [0.2, 0.25) is 0 Å². The molecule has 1 aromatic heterocycles. The van der Waals surface area contributed by atoms with E-state index in [1.165, 1.54) is 21.0 Å². The van der Waals surface area contributed by atoms with Gasteiger partial charge in [-0.25, -0.2) is 18.2 Å². The molecule has 1 N–H and O–H groups in total. The van der Waals surface area contributed by atoms with Crippen molar-refractivity contribution in [3.8, 4) is 0 Å². The van der Waals surface area contributed by atoms with Gasteiger partial charge in [0.05, 0.1) is 18.6 Å². The summed E-state index contributed by atoms with van der Waals surface area (Å²) in [6.45, 7) is 3.07. The number of H-pyrrole nitrogens is 1. The minimum atomic E-state index is -3.47. The molecule has 15 heavy (non-hydrogen) atoms. The maximum atomic E-state index is 11.6. The van der Waals surface area contributed by atoms with E-state index in [1.807, 2.05) is 0 Å². The Balaban J connectivity index is 3.10. The van der Waals surface area contributed by atoms with Gasteiger partial charge < -0.3 is 9.72 Å². The van der Waals surface area contributed by atoms with Crippen LogP contribution in [0.3, 0.4) is 0 Å². The zero-order chi connectivity index (χ0) is 11.6. The zero-order valence-corrected chi connectivity index (χ0v) is 9.46. The van der Waals surface area contributed by atoms with E-state index in [1.54, 1.807) is 0 Å². The van der Waals surface area contributed by atoms with Crippen LogP contribution in [0.1, 0.15) is 24.3 Å². The van der Waals surface area contributed by atoms with Crippen molar-refractivity contribution in [2.24, 2.45) is 0 Å². The highest BCUT2D eigenvalue weighted by Crippen LogP contribution is 2.12. The van der Waals surface area contributed by atoms with Crippen LogP contribution in [0.25, 0.3) is 0 Å². The SMILES string of the molecule is COC(=O)c1cnc(S(=O)(=O)C(C)C)[nH]1. The molecule has 0 aromatic carbocycles. The van der Waals surface area contributed by atoms with Gasteiger partial charge >= 0.3 is 5.97 Å². The average Bonchev–Trinajstić information content (AvgIpc) is 2.65. The molecule has 0 fully saturated rings. The number of methoxy groups -OCH3 is 1. The summed E-state index contributed by atoms with van der Waals surface area (Å²) in [5.41, 5.74) is 0.0247. The summed E-state index contributed by atoms with van der Waals surface area (Å²) >= 11 is 0. The first kappa shape index (κ1) is 11.7. The molecule has 1 heterocycles. The Hall–Kier alpha value is -1.37. The fourth-order valence-corrected chi connectivity index (χ4v) is 1.78. The van der Waals surface area contributed by atoms with Gasteiger partial charge in [-0.2, -0.15) is 0 Å². The van der Waals surface area contributed by atoms with Gasteiger partial charge in [-0.05, 0) is 13.8 Å². The molecule has 0 spiro atoms. The molecule has 0 unspecified atom stereocenters. The topological polar surface area (TPSA) is 89.1 Å². The number of sulfone groups is 1.